The number of benzene rings is 1. The highest BCUT2D eigenvalue weighted by atomic mass is 16.5. The molecule has 2 N–H and O–H groups in total. The van der Waals surface area contributed by atoms with Crippen molar-refractivity contribution in [2.24, 2.45) is 12.8 Å². The second-order valence-electron chi connectivity index (χ2n) is 5.06. The molecule has 0 aliphatic heterocycles. The van der Waals surface area contributed by atoms with Gasteiger partial charge in [-0.2, -0.15) is 5.10 Å². The summed E-state index contributed by atoms with van der Waals surface area (Å²) in [6.45, 7) is 6.00. The summed E-state index contributed by atoms with van der Waals surface area (Å²) >= 11 is 0. The molecule has 4 nitrogen and oxygen atoms in total. The molecule has 102 valence electrons. The lowest BCUT2D eigenvalue weighted by Gasteiger charge is -2.13. The molecular weight excluding hydrogens is 238 g/mol. The van der Waals surface area contributed by atoms with Gasteiger partial charge in [0.15, 0.2) is 0 Å². The van der Waals surface area contributed by atoms with Gasteiger partial charge in [-0.05, 0) is 38.5 Å². The van der Waals surface area contributed by atoms with Gasteiger partial charge in [0.2, 0.25) is 0 Å². The molecule has 0 radical (unpaired) electrons. The lowest BCUT2D eigenvalue weighted by molar-refractivity contribution is 0.242. The van der Waals surface area contributed by atoms with E-state index in [1.54, 1.807) is 4.68 Å². The Morgan fingerprint density at radius 2 is 1.84 bits per heavy atom. The van der Waals surface area contributed by atoms with Crippen LogP contribution in [-0.4, -0.2) is 15.9 Å². The van der Waals surface area contributed by atoms with E-state index in [1.807, 2.05) is 58.3 Å². The monoisotopic (exact) mass is 259 g/mol. The Labute approximate surface area is 114 Å². The molecule has 1 unspecified atom stereocenters. The molecule has 2 aromatic rings. The van der Waals surface area contributed by atoms with Crippen LogP contribution < -0.4 is 10.5 Å². The number of aryl methyl sites for hydroxylation is 2. The van der Waals surface area contributed by atoms with Gasteiger partial charge in [0.25, 0.3) is 0 Å². The number of aromatic nitrogens is 2. The van der Waals surface area contributed by atoms with Gasteiger partial charge in [-0.15, -0.1) is 0 Å². The number of ether oxygens (including phenoxy) is 1. The van der Waals surface area contributed by atoms with Gasteiger partial charge < -0.3 is 10.5 Å². The van der Waals surface area contributed by atoms with E-state index in [-0.39, 0.29) is 12.1 Å². The van der Waals surface area contributed by atoms with Crippen LogP contribution in [0.1, 0.15) is 36.7 Å². The Bertz CT molecular complexity index is 543. The van der Waals surface area contributed by atoms with Gasteiger partial charge in [0.1, 0.15) is 5.75 Å². The SMILES string of the molecule is Cc1nn(C)cc1C(N)c1ccc(OC(C)C)cc1. The second kappa shape index (κ2) is 5.45. The zero-order chi connectivity index (χ0) is 14.0. The van der Waals surface area contributed by atoms with Gasteiger partial charge in [-0.3, -0.25) is 4.68 Å². The molecule has 0 amide bonds. The Hall–Kier alpha value is -1.81. The van der Waals surface area contributed by atoms with Gasteiger partial charge in [0, 0.05) is 18.8 Å². The first-order valence-electron chi connectivity index (χ1n) is 6.49. The third kappa shape index (κ3) is 3.15. The van der Waals surface area contributed by atoms with E-state index in [1.165, 1.54) is 0 Å². The largest absolute Gasteiger partial charge is 0.491 e. The minimum atomic E-state index is -0.151. The molecule has 0 aliphatic rings. The van der Waals surface area contributed by atoms with Gasteiger partial charge in [-0.1, -0.05) is 12.1 Å². The van der Waals surface area contributed by atoms with Crippen LogP contribution in [0.3, 0.4) is 0 Å². The molecule has 1 heterocycles. The minimum Gasteiger partial charge on any atom is -0.491 e. The van der Waals surface area contributed by atoms with E-state index in [4.69, 9.17) is 10.5 Å². The molecule has 2 rings (SSSR count). The molecule has 19 heavy (non-hydrogen) atoms. The molecule has 0 saturated heterocycles. The van der Waals surface area contributed by atoms with Crippen molar-refractivity contribution in [1.29, 1.82) is 0 Å². The smallest absolute Gasteiger partial charge is 0.119 e. The van der Waals surface area contributed by atoms with E-state index in [0.29, 0.717) is 0 Å². The average molecular weight is 259 g/mol. The van der Waals surface area contributed by atoms with Crippen molar-refractivity contribution in [2.45, 2.75) is 32.9 Å². The van der Waals surface area contributed by atoms with Crippen LogP contribution in [0.4, 0.5) is 0 Å². The first-order chi connectivity index (χ1) is 8.97. The van der Waals surface area contributed by atoms with Crippen molar-refractivity contribution in [3.05, 3.63) is 47.3 Å². The number of hydrogen-bond donors (Lipinski definition) is 1. The highest BCUT2D eigenvalue weighted by molar-refractivity contribution is 5.35. The molecule has 1 aromatic heterocycles. The molecular formula is C15H21N3O. The molecule has 1 aromatic carbocycles. The maximum Gasteiger partial charge on any atom is 0.119 e. The Morgan fingerprint density at radius 1 is 1.21 bits per heavy atom. The van der Waals surface area contributed by atoms with Crippen molar-refractivity contribution in [3.8, 4) is 5.75 Å². The highest BCUT2D eigenvalue weighted by Gasteiger charge is 2.14. The number of hydrogen-bond acceptors (Lipinski definition) is 3. The summed E-state index contributed by atoms with van der Waals surface area (Å²) in [6.07, 6.45) is 2.15. The van der Waals surface area contributed by atoms with Crippen LogP contribution in [-0.2, 0) is 7.05 Å². The molecule has 4 heteroatoms. The third-order valence-corrected chi connectivity index (χ3v) is 3.00. The predicted octanol–water partition coefficient (Wildman–Crippen LogP) is 2.56. The molecule has 0 aliphatic carbocycles. The van der Waals surface area contributed by atoms with Crippen LogP contribution >= 0.6 is 0 Å². The summed E-state index contributed by atoms with van der Waals surface area (Å²) in [5, 5.41) is 4.33. The fourth-order valence-electron chi connectivity index (χ4n) is 2.13. The predicted molar refractivity (Wildman–Crippen MR) is 76.2 cm³/mol. The van der Waals surface area contributed by atoms with E-state index >= 15 is 0 Å². The first-order valence-corrected chi connectivity index (χ1v) is 6.49. The van der Waals surface area contributed by atoms with Crippen molar-refractivity contribution < 1.29 is 4.74 Å². The Morgan fingerprint density at radius 3 is 2.32 bits per heavy atom. The average Bonchev–Trinajstić information content (AvgIpc) is 2.68. The molecule has 1 atom stereocenters. The lowest BCUT2D eigenvalue weighted by Crippen LogP contribution is -2.12. The maximum absolute atomic E-state index is 6.29. The van der Waals surface area contributed by atoms with Crippen LogP contribution in [0, 0.1) is 6.92 Å². The summed E-state index contributed by atoms with van der Waals surface area (Å²) in [6, 6.07) is 7.78. The van der Waals surface area contributed by atoms with E-state index in [0.717, 1.165) is 22.6 Å². The summed E-state index contributed by atoms with van der Waals surface area (Å²) in [4.78, 5) is 0. The fourth-order valence-corrected chi connectivity index (χ4v) is 2.13. The molecule has 0 fully saturated rings. The molecule has 0 spiro atoms. The number of rotatable bonds is 4. The van der Waals surface area contributed by atoms with Crippen molar-refractivity contribution in [3.63, 3.8) is 0 Å². The lowest BCUT2D eigenvalue weighted by atomic mass is 10.0. The van der Waals surface area contributed by atoms with E-state index in [2.05, 4.69) is 5.10 Å². The van der Waals surface area contributed by atoms with Gasteiger partial charge in [-0.25, -0.2) is 0 Å². The Kier molecular flexibility index (Phi) is 3.90. The van der Waals surface area contributed by atoms with Crippen LogP contribution in [0.2, 0.25) is 0 Å². The summed E-state index contributed by atoms with van der Waals surface area (Å²) in [7, 11) is 1.91. The summed E-state index contributed by atoms with van der Waals surface area (Å²) < 4.78 is 7.42. The number of nitrogens with zero attached hydrogens (tertiary/aromatic N) is 2. The minimum absolute atomic E-state index is 0.151. The van der Waals surface area contributed by atoms with Crippen molar-refractivity contribution in [2.75, 3.05) is 0 Å². The van der Waals surface area contributed by atoms with Crippen molar-refractivity contribution in [1.82, 2.24) is 9.78 Å². The van der Waals surface area contributed by atoms with Gasteiger partial charge in [0.05, 0.1) is 17.8 Å². The molecule has 0 saturated carbocycles. The first kappa shape index (κ1) is 13.6. The summed E-state index contributed by atoms with van der Waals surface area (Å²) in [5.74, 6) is 0.869. The Balaban J connectivity index is 2.20. The third-order valence-electron chi connectivity index (χ3n) is 3.00. The summed E-state index contributed by atoms with van der Waals surface area (Å²) in [5.41, 5.74) is 9.38. The van der Waals surface area contributed by atoms with Crippen LogP contribution in [0.5, 0.6) is 5.75 Å². The topological polar surface area (TPSA) is 53.1 Å². The normalized spacial score (nSPS) is 12.7. The zero-order valence-corrected chi connectivity index (χ0v) is 11.9. The highest BCUT2D eigenvalue weighted by Crippen LogP contribution is 2.24. The maximum atomic E-state index is 6.29. The molecule has 0 bridgehead atoms. The fraction of sp³-hybridized carbons (Fsp3) is 0.400. The van der Waals surface area contributed by atoms with E-state index < -0.39 is 0 Å². The van der Waals surface area contributed by atoms with E-state index in [9.17, 15) is 0 Å². The second-order valence-corrected chi connectivity index (χ2v) is 5.06. The standard InChI is InChI=1S/C15H21N3O/c1-10(2)19-13-7-5-12(6-8-13)15(16)14-9-18(4)17-11(14)3/h5-10,15H,16H2,1-4H3. The quantitative estimate of drug-likeness (QED) is 0.918. The van der Waals surface area contributed by atoms with Gasteiger partial charge >= 0.3 is 0 Å². The van der Waals surface area contributed by atoms with Crippen LogP contribution in [0.25, 0.3) is 0 Å². The zero-order valence-electron chi connectivity index (χ0n) is 11.9. The van der Waals surface area contributed by atoms with Crippen LogP contribution in [0.15, 0.2) is 30.5 Å². The number of nitrogens with two attached hydrogens (primary N) is 1. The van der Waals surface area contributed by atoms with Crippen molar-refractivity contribution >= 4 is 0 Å².